The fourth-order valence-corrected chi connectivity index (χ4v) is 4.45. The number of carbonyl (C=O) groups excluding carboxylic acids is 2. The van der Waals surface area contributed by atoms with E-state index >= 15 is 0 Å². The highest BCUT2D eigenvalue weighted by Crippen LogP contribution is 2.41. The van der Waals surface area contributed by atoms with E-state index in [0.29, 0.717) is 61.7 Å². The van der Waals surface area contributed by atoms with Gasteiger partial charge in [-0.25, -0.2) is 4.79 Å². The van der Waals surface area contributed by atoms with Gasteiger partial charge in [-0.1, -0.05) is 36.0 Å². The van der Waals surface area contributed by atoms with Gasteiger partial charge in [-0.15, -0.1) is 0 Å². The number of hydrogen-bond acceptors (Lipinski definition) is 11. The molecule has 0 spiro atoms. The number of rotatable bonds is 17. The third-order valence-corrected chi connectivity index (χ3v) is 6.21. The summed E-state index contributed by atoms with van der Waals surface area (Å²) in [5, 5.41) is 14.0. The maximum Gasteiger partial charge on any atom is 0.344 e. The molecule has 1 heterocycles. The first-order valence-corrected chi connectivity index (χ1v) is 13.4. The largest absolute Gasteiger partial charge is 0.504 e. The Morgan fingerprint density at radius 1 is 0.974 bits per heavy atom. The Kier molecular flexibility index (Phi) is 12.8. The van der Waals surface area contributed by atoms with Gasteiger partial charge in [0.15, 0.2) is 11.5 Å². The number of phenolic OH excluding ortho intramolecular Hbond substituents is 1. The van der Waals surface area contributed by atoms with Crippen molar-refractivity contribution in [2.75, 3.05) is 64.7 Å². The van der Waals surface area contributed by atoms with Crippen LogP contribution in [-0.2, 0) is 28.5 Å². The number of ketones is 1. The quantitative estimate of drug-likeness (QED) is 0.114. The summed E-state index contributed by atoms with van der Waals surface area (Å²) in [5.74, 6) is -0.923. The molecule has 10 nitrogen and oxygen atoms in total. The van der Waals surface area contributed by atoms with Crippen molar-refractivity contribution in [1.29, 1.82) is 0 Å². The van der Waals surface area contributed by atoms with Gasteiger partial charge in [-0.3, -0.25) is 4.79 Å². The van der Waals surface area contributed by atoms with Gasteiger partial charge in [-0.05, 0) is 42.8 Å². The lowest BCUT2D eigenvalue weighted by molar-refractivity contribution is -0.139. The summed E-state index contributed by atoms with van der Waals surface area (Å²) in [6.07, 6.45) is 1.61. The molecule has 1 aliphatic heterocycles. The Morgan fingerprint density at radius 2 is 1.64 bits per heavy atom. The molecule has 1 aliphatic rings. The van der Waals surface area contributed by atoms with E-state index in [2.05, 4.69) is 5.32 Å². The molecule has 3 rings (SSSR count). The van der Waals surface area contributed by atoms with Gasteiger partial charge in [0.05, 0.1) is 56.2 Å². The number of allylic oxidation sites excluding steroid dienone is 1. The Bertz CT molecular complexity index is 1150. The molecule has 0 radical (unpaired) electrons. The number of thioether (sulfide) groups is 1. The van der Waals surface area contributed by atoms with Crippen molar-refractivity contribution in [3.63, 3.8) is 0 Å². The minimum Gasteiger partial charge on any atom is -0.504 e. The number of benzene rings is 2. The average molecular weight is 559 g/mol. The van der Waals surface area contributed by atoms with Crippen LogP contribution in [0, 0.1) is 0 Å². The Morgan fingerprint density at radius 3 is 2.28 bits per heavy atom. The molecular formula is C28H34N2O8S. The maximum atomic E-state index is 13.1. The summed E-state index contributed by atoms with van der Waals surface area (Å²) in [6, 6.07) is 14.0. The van der Waals surface area contributed by atoms with Crippen LogP contribution in [0.5, 0.6) is 11.5 Å². The predicted octanol–water partition coefficient (Wildman–Crippen LogP) is 3.32. The van der Waals surface area contributed by atoms with E-state index in [4.69, 9.17) is 29.4 Å². The van der Waals surface area contributed by atoms with Crippen molar-refractivity contribution in [3.05, 3.63) is 69.6 Å². The molecular weight excluding hydrogens is 524 g/mol. The number of phenols is 1. The fourth-order valence-electron chi connectivity index (χ4n) is 3.39. The number of esters is 1. The molecule has 11 heteroatoms. The van der Waals surface area contributed by atoms with Crippen LogP contribution in [0.15, 0.2) is 64.0 Å². The van der Waals surface area contributed by atoms with Crippen LogP contribution >= 0.6 is 11.8 Å². The molecule has 0 amide bonds. The molecule has 0 saturated heterocycles. The highest BCUT2D eigenvalue weighted by atomic mass is 32.2. The molecule has 2 aromatic carbocycles. The van der Waals surface area contributed by atoms with Gasteiger partial charge in [-0.2, -0.15) is 0 Å². The smallest absolute Gasteiger partial charge is 0.344 e. The highest BCUT2D eigenvalue weighted by Gasteiger charge is 2.35. The average Bonchev–Trinajstić information content (AvgIpc) is 3.23. The zero-order valence-electron chi connectivity index (χ0n) is 21.9. The van der Waals surface area contributed by atoms with Crippen molar-refractivity contribution >= 4 is 35.3 Å². The second-order valence-corrected chi connectivity index (χ2v) is 9.11. The number of para-hydroxylation sites is 1. The van der Waals surface area contributed by atoms with E-state index in [1.54, 1.807) is 25.1 Å². The first-order valence-electron chi connectivity index (χ1n) is 12.6. The van der Waals surface area contributed by atoms with Crippen LogP contribution in [0.25, 0.3) is 6.08 Å². The van der Waals surface area contributed by atoms with E-state index in [1.807, 2.05) is 30.3 Å². The summed E-state index contributed by atoms with van der Waals surface area (Å²) in [6.45, 7) is 5.21. The zero-order valence-corrected chi connectivity index (χ0v) is 22.7. The van der Waals surface area contributed by atoms with Gasteiger partial charge in [0.1, 0.15) is 12.2 Å². The van der Waals surface area contributed by atoms with Crippen molar-refractivity contribution in [3.8, 4) is 11.5 Å². The van der Waals surface area contributed by atoms with Crippen LogP contribution in [0.1, 0.15) is 12.5 Å². The van der Waals surface area contributed by atoms with E-state index < -0.39 is 11.8 Å². The lowest BCUT2D eigenvalue weighted by Gasteiger charge is -2.10. The number of nitrogens with one attached hydrogen (secondary N) is 1. The summed E-state index contributed by atoms with van der Waals surface area (Å²) in [4.78, 5) is 26.0. The van der Waals surface area contributed by atoms with Crippen LogP contribution in [0.2, 0.25) is 0 Å². The molecule has 0 fully saturated rings. The van der Waals surface area contributed by atoms with Crippen LogP contribution in [-0.4, -0.2) is 76.3 Å². The molecule has 0 saturated carbocycles. The summed E-state index contributed by atoms with van der Waals surface area (Å²) in [5.41, 5.74) is 6.59. The molecule has 4 N–H and O–H groups in total. The summed E-state index contributed by atoms with van der Waals surface area (Å²) < 4.78 is 26.7. The molecule has 210 valence electrons. The summed E-state index contributed by atoms with van der Waals surface area (Å²) in [7, 11) is 0. The number of nitrogens with two attached hydrogens (primary N) is 1. The van der Waals surface area contributed by atoms with Crippen LogP contribution in [0.4, 0.5) is 5.69 Å². The maximum absolute atomic E-state index is 13.1. The molecule has 39 heavy (non-hydrogen) atoms. The Labute approximate surface area is 232 Å². The molecule has 0 atom stereocenters. The van der Waals surface area contributed by atoms with Crippen LogP contribution < -0.4 is 15.8 Å². The van der Waals surface area contributed by atoms with E-state index in [9.17, 15) is 14.7 Å². The molecule has 2 aromatic rings. The first-order chi connectivity index (χ1) is 19.0. The van der Waals surface area contributed by atoms with Gasteiger partial charge >= 0.3 is 5.97 Å². The second-order valence-electron chi connectivity index (χ2n) is 8.06. The normalized spacial score (nSPS) is 14.2. The van der Waals surface area contributed by atoms with Crippen molar-refractivity contribution in [2.24, 2.45) is 5.73 Å². The minimum atomic E-state index is -0.686. The standard InChI is InChI=1S/C28H34N2O8S/c1-2-37-28(33)25-26(32)24(39-27(25)30-21-6-4-3-5-7-21)19-20-8-9-23(22(31)18-20)38-17-16-36-15-14-35-13-12-34-11-10-29/h3-9,18-19,30-31H,2,10-17,29H2,1H3/b24-19-. The third kappa shape index (κ3) is 9.72. The van der Waals surface area contributed by atoms with E-state index in [-0.39, 0.29) is 30.3 Å². The molecule has 0 unspecified atom stereocenters. The van der Waals surface area contributed by atoms with Crippen LogP contribution in [0.3, 0.4) is 0 Å². The van der Waals surface area contributed by atoms with Gasteiger partial charge in [0, 0.05) is 12.2 Å². The van der Waals surface area contributed by atoms with Crippen molar-refractivity contribution in [1.82, 2.24) is 0 Å². The third-order valence-electron chi connectivity index (χ3n) is 5.17. The fraction of sp³-hybridized carbons (Fsp3) is 0.357. The number of aromatic hydroxyl groups is 1. The summed E-state index contributed by atoms with van der Waals surface area (Å²) >= 11 is 1.14. The zero-order chi connectivity index (χ0) is 27.9. The molecule has 0 aliphatic carbocycles. The Hall–Kier alpha value is -3.35. The number of ether oxygens (including phenoxy) is 5. The number of carbonyl (C=O) groups is 2. The topological polar surface area (TPSA) is 139 Å². The molecule has 0 aromatic heterocycles. The highest BCUT2D eigenvalue weighted by molar-refractivity contribution is 8.08. The molecule has 0 bridgehead atoms. The van der Waals surface area contributed by atoms with E-state index in [1.165, 1.54) is 6.07 Å². The van der Waals surface area contributed by atoms with Gasteiger partial charge < -0.3 is 39.8 Å². The Balaban J connectivity index is 1.52. The lowest BCUT2D eigenvalue weighted by Crippen LogP contribution is -2.16. The monoisotopic (exact) mass is 558 g/mol. The van der Waals surface area contributed by atoms with Gasteiger partial charge in [0.25, 0.3) is 0 Å². The van der Waals surface area contributed by atoms with Gasteiger partial charge in [0.2, 0.25) is 5.78 Å². The number of Topliss-reactive ketones (excluding diaryl/α,β-unsaturated/α-hetero) is 1. The first kappa shape index (κ1) is 30.2. The minimum absolute atomic E-state index is 0.0496. The second kappa shape index (κ2) is 16.6. The number of anilines is 1. The SMILES string of the molecule is CCOC(=O)C1=C(Nc2ccccc2)S/C(=C\c2ccc(OCCOCCOCCOCCN)c(O)c2)C1=O. The number of hydrogen-bond donors (Lipinski definition) is 3. The predicted molar refractivity (Wildman–Crippen MR) is 149 cm³/mol. The van der Waals surface area contributed by atoms with Crippen molar-refractivity contribution in [2.45, 2.75) is 6.92 Å². The van der Waals surface area contributed by atoms with E-state index in [0.717, 1.165) is 17.4 Å². The lowest BCUT2D eigenvalue weighted by atomic mass is 10.1. The van der Waals surface area contributed by atoms with Crippen molar-refractivity contribution < 1.29 is 38.4 Å².